The van der Waals surface area contributed by atoms with Crippen molar-refractivity contribution < 1.29 is 23.9 Å². The van der Waals surface area contributed by atoms with Gasteiger partial charge in [-0.25, -0.2) is 9.78 Å². The van der Waals surface area contributed by atoms with E-state index in [0.29, 0.717) is 46.2 Å². The third-order valence-electron chi connectivity index (χ3n) is 6.42. The molecule has 40 heavy (non-hydrogen) atoms. The maximum absolute atomic E-state index is 13.6. The van der Waals surface area contributed by atoms with Crippen LogP contribution in [0.4, 0.5) is 5.69 Å². The van der Waals surface area contributed by atoms with Gasteiger partial charge in [0.15, 0.2) is 5.69 Å². The van der Waals surface area contributed by atoms with E-state index in [4.69, 9.17) is 20.6 Å². The molecule has 0 bridgehead atoms. The zero-order chi connectivity index (χ0) is 28.8. The molecule has 2 aromatic carbocycles. The molecule has 10 heteroatoms. The summed E-state index contributed by atoms with van der Waals surface area (Å²) in [7, 11) is 1.49. The molecule has 3 aromatic rings. The molecule has 1 aliphatic rings. The van der Waals surface area contributed by atoms with E-state index in [0.717, 1.165) is 12.8 Å². The second-order valence-corrected chi connectivity index (χ2v) is 9.26. The highest BCUT2D eigenvalue weighted by atomic mass is 16.5. The Hall–Kier alpha value is -4.99. The minimum absolute atomic E-state index is 0.0682. The van der Waals surface area contributed by atoms with Gasteiger partial charge in [0, 0.05) is 40.0 Å². The van der Waals surface area contributed by atoms with Crippen LogP contribution in [0.1, 0.15) is 62.2 Å². The van der Waals surface area contributed by atoms with Crippen LogP contribution in [-0.2, 0) is 4.74 Å². The van der Waals surface area contributed by atoms with Crippen molar-refractivity contribution in [1.29, 1.82) is 5.41 Å². The van der Waals surface area contributed by atoms with E-state index in [1.807, 2.05) is 0 Å². The molecule has 0 radical (unpaired) electrons. The Morgan fingerprint density at radius 1 is 1.10 bits per heavy atom. The van der Waals surface area contributed by atoms with Gasteiger partial charge in [0.1, 0.15) is 17.3 Å². The predicted molar refractivity (Wildman–Crippen MR) is 153 cm³/mol. The van der Waals surface area contributed by atoms with Crippen LogP contribution in [0.5, 0.6) is 5.75 Å². The van der Waals surface area contributed by atoms with Crippen LogP contribution in [-0.4, -0.2) is 48.9 Å². The minimum atomic E-state index is -0.729. The highest BCUT2D eigenvalue weighted by Crippen LogP contribution is 2.34. The Bertz CT molecular complexity index is 1480. The van der Waals surface area contributed by atoms with E-state index >= 15 is 0 Å². The van der Waals surface area contributed by atoms with Gasteiger partial charge in [-0.1, -0.05) is 12.7 Å². The number of nitrogen functional groups attached to an aromatic ring is 1. The van der Waals surface area contributed by atoms with Crippen molar-refractivity contribution in [2.24, 2.45) is 11.7 Å². The summed E-state index contributed by atoms with van der Waals surface area (Å²) >= 11 is 0. The van der Waals surface area contributed by atoms with Crippen molar-refractivity contribution in [3.8, 4) is 16.9 Å². The molecule has 0 atom stereocenters. The summed E-state index contributed by atoms with van der Waals surface area (Å²) in [6, 6.07) is 12.8. The monoisotopic (exact) mass is 541 g/mol. The van der Waals surface area contributed by atoms with Crippen LogP contribution < -0.4 is 21.1 Å². The summed E-state index contributed by atoms with van der Waals surface area (Å²) in [5, 5.41) is 13.2. The SMILES string of the molecule is C=Cc1cc(C(=O)Nc2ccc(C(=N)N)cc2)c(-c2ccc(C(=O)NCC3CC3)nc2C(=O)OCC)cc1OC. The summed E-state index contributed by atoms with van der Waals surface area (Å²) in [5.74, 6) is -0.786. The van der Waals surface area contributed by atoms with E-state index in [2.05, 4.69) is 22.2 Å². The first-order chi connectivity index (χ1) is 19.2. The molecular formula is C30H31N5O5. The summed E-state index contributed by atoms with van der Waals surface area (Å²) in [4.78, 5) is 43.7. The van der Waals surface area contributed by atoms with Gasteiger partial charge in [0.25, 0.3) is 11.8 Å². The molecule has 0 spiro atoms. The number of hydrogen-bond acceptors (Lipinski definition) is 7. The van der Waals surface area contributed by atoms with Crippen LogP contribution >= 0.6 is 0 Å². The molecule has 1 saturated carbocycles. The number of nitrogens with two attached hydrogens (primary N) is 1. The molecule has 206 valence electrons. The van der Waals surface area contributed by atoms with Gasteiger partial charge in [-0.2, -0.15) is 0 Å². The Morgan fingerprint density at radius 3 is 2.42 bits per heavy atom. The molecule has 1 aliphatic carbocycles. The summed E-state index contributed by atoms with van der Waals surface area (Å²) < 4.78 is 10.8. The molecule has 5 N–H and O–H groups in total. The number of ether oxygens (including phenoxy) is 2. The first kappa shape index (κ1) is 28.0. The molecule has 1 aromatic heterocycles. The Balaban J connectivity index is 1.79. The summed E-state index contributed by atoms with van der Waals surface area (Å²) in [5.41, 5.74) is 7.90. The molecule has 10 nitrogen and oxygen atoms in total. The van der Waals surface area contributed by atoms with Crippen LogP contribution in [0.15, 0.2) is 55.1 Å². The number of pyridine rings is 1. The molecule has 1 heterocycles. The van der Waals surface area contributed by atoms with Crippen LogP contribution in [0, 0.1) is 11.3 Å². The number of carbonyl (C=O) groups excluding carboxylic acids is 3. The van der Waals surface area contributed by atoms with Crippen molar-refractivity contribution in [2.45, 2.75) is 19.8 Å². The molecule has 0 saturated heterocycles. The number of esters is 1. The fourth-order valence-corrected chi connectivity index (χ4v) is 4.08. The van der Waals surface area contributed by atoms with Crippen molar-refractivity contribution in [1.82, 2.24) is 10.3 Å². The predicted octanol–water partition coefficient (Wildman–Crippen LogP) is 4.25. The second-order valence-electron chi connectivity index (χ2n) is 9.26. The zero-order valence-corrected chi connectivity index (χ0v) is 22.4. The standard InChI is InChI=1S/C30H31N5O5/c1-4-18-14-23(28(36)34-20-10-8-19(9-11-20)27(31)32)22(15-25(18)39-3)21-12-13-24(29(37)33-16-17-6-7-17)35-26(21)30(38)40-5-2/h4,8-15,17H,1,5-7,16H2,2-3H3,(H3,31,32)(H,33,37)(H,34,36). The average Bonchev–Trinajstić information content (AvgIpc) is 3.80. The van der Waals surface area contributed by atoms with Gasteiger partial charge in [-0.3, -0.25) is 15.0 Å². The number of anilines is 1. The van der Waals surface area contributed by atoms with E-state index in [1.54, 1.807) is 55.5 Å². The van der Waals surface area contributed by atoms with Gasteiger partial charge in [0.05, 0.1) is 13.7 Å². The average molecular weight is 542 g/mol. The highest BCUT2D eigenvalue weighted by Gasteiger charge is 2.26. The largest absolute Gasteiger partial charge is 0.496 e. The fourth-order valence-electron chi connectivity index (χ4n) is 4.08. The number of amides is 2. The molecule has 0 aliphatic heterocycles. The number of aromatic nitrogens is 1. The smallest absolute Gasteiger partial charge is 0.357 e. The Kier molecular flexibility index (Phi) is 8.58. The normalized spacial score (nSPS) is 12.2. The third-order valence-corrected chi connectivity index (χ3v) is 6.42. The minimum Gasteiger partial charge on any atom is -0.496 e. The maximum atomic E-state index is 13.6. The molecule has 4 rings (SSSR count). The van der Waals surface area contributed by atoms with Gasteiger partial charge in [-0.15, -0.1) is 0 Å². The highest BCUT2D eigenvalue weighted by molar-refractivity contribution is 6.11. The first-order valence-corrected chi connectivity index (χ1v) is 12.8. The molecule has 1 fully saturated rings. The van der Waals surface area contributed by atoms with Gasteiger partial charge in [0.2, 0.25) is 0 Å². The lowest BCUT2D eigenvalue weighted by molar-refractivity contribution is 0.0520. The van der Waals surface area contributed by atoms with Crippen molar-refractivity contribution in [2.75, 3.05) is 25.6 Å². The Labute approximate surface area is 232 Å². The number of rotatable bonds is 11. The van der Waals surface area contributed by atoms with Crippen LogP contribution in [0.3, 0.4) is 0 Å². The number of carbonyl (C=O) groups is 3. The summed E-state index contributed by atoms with van der Waals surface area (Å²) in [6.07, 6.45) is 3.71. The quantitative estimate of drug-likeness (QED) is 0.161. The third kappa shape index (κ3) is 6.35. The summed E-state index contributed by atoms with van der Waals surface area (Å²) in [6.45, 7) is 6.13. The number of amidine groups is 1. The fraction of sp³-hybridized carbons (Fsp3) is 0.233. The maximum Gasteiger partial charge on any atom is 0.357 e. The number of nitrogens with one attached hydrogen (secondary N) is 3. The number of hydrogen-bond donors (Lipinski definition) is 4. The van der Waals surface area contributed by atoms with Crippen molar-refractivity contribution in [3.05, 3.63) is 83.2 Å². The van der Waals surface area contributed by atoms with Crippen LogP contribution in [0.25, 0.3) is 17.2 Å². The first-order valence-electron chi connectivity index (χ1n) is 12.8. The van der Waals surface area contributed by atoms with Crippen molar-refractivity contribution in [3.63, 3.8) is 0 Å². The van der Waals surface area contributed by atoms with Gasteiger partial charge >= 0.3 is 5.97 Å². The number of benzene rings is 2. The van der Waals surface area contributed by atoms with Gasteiger partial charge < -0.3 is 25.8 Å². The topological polar surface area (TPSA) is 156 Å². The van der Waals surface area contributed by atoms with E-state index in [-0.39, 0.29) is 29.4 Å². The molecule has 2 amide bonds. The lowest BCUT2D eigenvalue weighted by atomic mass is 9.94. The van der Waals surface area contributed by atoms with E-state index in [9.17, 15) is 14.4 Å². The van der Waals surface area contributed by atoms with Gasteiger partial charge in [-0.05, 0) is 74.2 Å². The van der Waals surface area contributed by atoms with Crippen molar-refractivity contribution >= 4 is 35.4 Å². The lowest BCUT2D eigenvalue weighted by Gasteiger charge is -2.17. The van der Waals surface area contributed by atoms with E-state index in [1.165, 1.54) is 13.2 Å². The molecule has 0 unspecified atom stereocenters. The van der Waals surface area contributed by atoms with E-state index < -0.39 is 17.8 Å². The van der Waals surface area contributed by atoms with Crippen LogP contribution in [0.2, 0.25) is 0 Å². The zero-order valence-electron chi connectivity index (χ0n) is 22.4. The molecular weight excluding hydrogens is 510 g/mol. The second kappa shape index (κ2) is 12.2. The lowest BCUT2D eigenvalue weighted by Crippen LogP contribution is -2.27. The number of methoxy groups -OCH3 is 1. The Morgan fingerprint density at radius 2 is 1.82 bits per heavy atom. The number of nitrogens with zero attached hydrogens (tertiary/aromatic N) is 1.